The number of hydrogen-bond donors (Lipinski definition) is 1. The first-order chi connectivity index (χ1) is 9.78. The van der Waals surface area contributed by atoms with E-state index in [1.165, 1.54) is 44.2 Å². The summed E-state index contributed by atoms with van der Waals surface area (Å²) >= 11 is 6.18. The van der Waals surface area contributed by atoms with Crippen LogP contribution in [0.3, 0.4) is 0 Å². The average molecular weight is 293 g/mol. The summed E-state index contributed by atoms with van der Waals surface area (Å²) in [5, 5.41) is 4.58. The second kappa shape index (κ2) is 6.36. The minimum atomic E-state index is 0.690. The fourth-order valence-corrected chi connectivity index (χ4v) is 4.14. The Morgan fingerprint density at radius 2 is 2.00 bits per heavy atom. The summed E-state index contributed by atoms with van der Waals surface area (Å²) in [5.41, 5.74) is 1.32. The van der Waals surface area contributed by atoms with Crippen LogP contribution >= 0.6 is 11.6 Å². The van der Waals surface area contributed by atoms with E-state index in [9.17, 15) is 0 Å². The van der Waals surface area contributed by atoms with Crippen LogP contribution in [0.25, 0.3) is 0 Å². The van der Waals surface area contributed by atoms with Crippen LogP contribution in [0.1, 0.15) is 45.4 Å². The summed E-state index contributed by atoms with van der Waals surface area (Å²) in [5.74, 6) is 0. The molecule has 110 valence electrons. The van der Waals surface area contributed by atoms with Gasteiger partial charge in [0.1, 0.15) is 0 Å². The van der Waals surface area contributed by atoms with Crippen LogP contribution in [-0.4, -0.2) is 24.7 Å². The van der Waals surface area contributed by atoms with Crippen molar-refractivity contribution in [3.63, 3.8) is 0 Å². The van der Waals surface area contributed by atoms with Gasteiger partial charge in [-0.3, -0.25) is 0 Å². The van der Waals surface area contributed by atoms with Gasteiger partial charge in [0.05, 0.1) is 0 Å². The van der Waals surface area contributed by atoms with E-state index in [1.54, 1.807) is 0 Å². The molecule has 0 spiro atoms. The Morgan fingerprint density at radius 3 is 2.65 bits per heavy atom. The fourth-order valence-electron chi connectivity index (χ4n) is 3.95. The number of benzene rings is 1. The molecule has 2 saturated heterocycles. The number of halogens is 1. The van der Waals surface area contributed by atoms with Crippen molar-refractivity contribution in [1.82, 2.24) is 5.32 Å². The van der Waals surface area contributed by atoms with Gasteiger partial charge >= 0.3 is 0 Å². The molecule has 2 heterocycles. The van der Waals surface area contributed by atoms with Crippen molar-refractivity contribution < 1.29 is 0 Å². The van der Waals surface area contributed by atoms with Gasteiger partial charge in [-0.1, -0.05) is 24.6 Å². The number of fused-ring (bicyclic) bond motifs is 2. The van der Waals surface area contributed by atoms with E-state index >= 15 is 0 Å². The Hall–Kier alpha value is -0.730. The first-order valence-corrected chi connectivity index (χ1v) is 8.43. The van der Waals surface area contributed by atoms with Crippen LogP contribution in [0.5, 0.6) is 0 Å². The van der Waals surface area contributed by atoms with E-state index in [0.717, 1.165) is 11.6 Å². The Balaban J connectivity index is 1.76. The molecule has 0 aliphatic carbocycles. The Morgan fingerprint density at radius 1 is 1.25 bits per heavy atom. The molecule has 1 N–H and O–H groups in total. The highest BCUT2D eigenvalue weighted by atomic mass is 35.5. The maximum Gasteiger partial charge on any atom is 0.0426 e. The van der Waals surface area contributed by atoms with Crippen molar-refractivity contribution >= 4 is 17.3 Å². The zero-order chi connectivity index (χ0) is 13.9. The zero-order valence-electron chi connectivity index (χ0n) is 12.3. The molecule has 2 atom stereocenters. The van der Waals surface area contributed by atoms with Crippen LogP contribution < -0.4 is 10.2 Å². The molecule has 1 aromatic carbocycles. The molecule has 20 heavy (non-hydrogen) atoms. The predicted molar refractivity (Wildman–Crippen MR) is 86.7 cm³/mol. The Bertz CT molecular complexity index is 434. The van der Waals surface area contributed by atoms with Gasteiger partial charge in [0.15, 0.2) is 0 Å². The van der Waals surface area contributed by atoms with Crippen molar-refractivity contribution in [3.8, 4) is 0 Å². The lowest BCUT2D eigenvalue weighted by atomic mass is 9.81. The van der Waals surface area contributed by atoms with E-state index in [1.807, 2.05) is 6.07 Å². The van der Waals surface area contributed by atoms with Gasteiger partial charge in [-0.2, -0.15) is 0 Å². The number of anilines is 1. The van der Waals surface area contributed by atoms with E-state index in [2.05, 4.69) is 35.3 Å². The Labute approximate surface area is 127 Å². The van der Waals surface area contributed by atoms with Gasteiger partial charge < -0.3 is 10.2 Å². The fraction of sp³-hybridized carbons (Fsp3) is 0.647. The largest absolute Gasteiger partial charge is 0.365 e. The summed E-state index contributed by atoms with van der Waals surface area (Å²) in [6.07, 6.45) is 7.82. The molecule has 0 aromatic heterocycles. The summed E-state index contributed by atoms with van der Waals surface area (Å²) in [6.45, 7) is 3.40. The van der Waals surface area contributed by atoms with Gasteiger partial charge in [-0.15, -0.1) is 0 Å². The number of piperidine rings is 2. The van der Waals surface area contributed by atoms with Gasteiger partial charge in [0.25, 0.3) is 0 Å². The maximum absolute atomic E-state index is 6.18. The lowest BCUT2D eigenvalue weighted by Crippen LogP contribution is -2.56. The van der Waals surface area contributed by atoms with Crippen LogP contribution in [0.2, 0.25) is 5.02 Å². The van der Waals surface area contributed by atoms with Crippen molar-refractivity contribution in [2.75, 3.05) is 11.4 Å². The van der Waals surface area contributed by atoms with Gasteiger partial charge in [-0.05, 0) is 63.3 Å². The summed E-state index contributed by atoms with van der Waals surface area (Å²) < 4.78 is 0. The number of nitrogens with zero attached hydrogens (tertiary/aromatic N) is 1. The third-order valence-corrected chi connectivity index (χ3v) is 5.00. The van der Waals surface area contributed by atoms with E-state index in [-0.39, 0.29) is 0 Å². The smallest absolute Gasteiger partial charge is 0.0426 e. The van der Waals surface area contributed by atoms with Crippen LogP contribution in [-0.2, 0) is 0 Å². The summed E-state index contributed by atoms with van der Waals surface area (Å²) in [6, 6.07) is 10.5. The van der Waals surface area contributed by atoms with E-state index in [4.69, 9.17) is 11.6 Å². The lowest BCUT2D eigenvalue weighted by molar-refractivity contribution is 0.246. The molecule has 2 fully saturated rings. The normalized spacial score (nSPS) is 29.5. The third-order valence-electron chi connectivity index (χ3n) is 4.76. The van der Waals surface area contributed by atoms with E-state index in [0.29, 0.717) is 18.1 Å². The van der Waals surface area contributed by atoms with E-state index < -0.39 is 0 Å². The molecule has 2 bridgehead atoms. The molecule has 2 unspecified atom stereocenters. The predicted octanol–water partition coefficient (Wildman–Crippen LogP) is 4.23. The molecule has 0 radical (unpaired) electrons. The molecule has 0 amide bonds. The van der Waals surface area contributed by atoms with Crippen molar-refractivity contribution in [3.05, 3.63) is 29.3 Å². The second-order valence-electron chi connectivity index (χ2n) is 6.25. The van der Waals surface area contributed by atoms with Gasteiger partial charge in [0.2, 0.25) is 0 Å². The molecule has 1 aromatic rings. The molecule has 2 nitrogen and oxygen atoms in total. The minimum absolute atomic E-state index is 0.690. The molecular weight excluding hydrogens is 268 g/mol. The number of hydrogen-bond acceptors (Lipinski definition) is 2. The highest BCUT2D eigenvalue weighted by molar-refractivity contribution is 6.30. The maximum atomic E-state index is 6.18. The summed E-state index contributed by atoms with van der Waals surface area (Å²) in [4.78, 5) is 2.65. The number of nitrogens with one attached hydrogen (secondary N) is 1. The minimum Gasteiger partial charge on any atom is -0.365 e. The molecule has 2 aliphatic rings. The number of rotatable bonds is 4. The zero-order valence-corrected chi connectivity index (χ0v) is 13.1. The second-order valence-corrected chi connectivity index (χ2v) is 6.68. The topological polar surface area (TPSA) is 15.3 Å². The van der Waals surface area contributed by atoms with Crippen molar-refractivity contribution in [1.29, 1.82) is 0 Å². The third kappa shape index (κ3) is 2.96. The quantitative estimate of drug-likeness (QED) is 0.893. The highest BCUT2D eigenvalue weighted by Gasteiger charge is 2.37. The van der Waals surface area contributed by atoms with Crippen LogP contribution in [0.4, 0.5) is 5.69 Å². The first-order valence-electron chi connectivity index (χ1n) is 8.05. The lowest BCUT2D eigenvalue weighted by Gasteiger charge is -2.50. The molecule has 3 rings (SSSR count). The monoisotopic (exact) mass is 292 g/mol. The SMILES string of the molecule is CCCNC1CC2CCCC(C1)N2c1cccc(Cl)c1. The summed E-state index contributed by atoms with van der Waals surface area (Å²) in [7, 11) is 0. The van der Waals surface area contributed by atoms with Gasteiger partial charge in [-0.25, -0.2) is 0 Å². The molecule has 3 heteroatoms. The van der Waals surface area contributed by atoms with Gasteiger partial charge in [0, 0.05) is 28.8 Å². The Kier molecular flexibility index (Phi) is 4.52. The van der Waals surface area contributed by atoms with Crippen molar-refractivity contribution in [2.45, 2.75) is 63.6 Å². The average Bonchev–Trinajstić information content (AvgIpc) is 2.44. The van der Waals surface area contributed by atoms with Crippen LogP contribution in [0.15, 0.2) is 24.3 Å². The van der Waals surface area contributed by atoms with Crippen LogP contribution in [0, 0.1) is 0 Å². The highest BCUT2D eigenvalue weighted by Crippen LogP contribution is 2.38. The standard InChI is InChI=1S/C17H25ClN2/c1-2-9-19-14-11-16-7-4-8-17(12-14)20(16)15-6-3-5-13(18)10-15/h3,5-6,10,14,16-17,19H,2,4,7-9,11-12H2,1H3. The molecule has 0 saturated carbocycles. The molecule has 2 aliphatic heterocycles. The molecular formula is C17H25ClN2. The van der Waals surface area contributed by atoms with Crippen molar-refractivity contribution in [2.24, 2.45) is 0 Å². The first kappa shape index (κ1) is 14.2.